The maximum Gasteiger partial charge on any atom is 0.404 e. The summed E-state index contributed by atoms with van der Waals surface area (Å²) in [4.78, 5) is 15.7. The Kier molecular flexibility index (Phi) is 6.78. The van der Waals surface area contributed by atoms with Crippen LogP contribution in [0.2, 0.25) is 0 Å². The molecule has 5 nitrogen and oxygen atoms in total. The number of nitrogens with one attached hydrogen (secondary N) is 1. The Morgan fingerprint density at radius 3 is 2.43 bits per heavy atom. The molecule has 0 radical (unpaired) electrons. The third kappa shape index (κ3) is 5.35. The van der Waals surface area contributed by atoms with Crippen molar-refractivity contribution in [1.82, 2.24) is 19.9 Å². The van der Waals surface area contributed by atoms with Gasteiger partial charge >= 0.3 is 6.18 Å². The zero-order chi connectivity index (χ0) is 22.1. The van der Waals surface area contributed by atoms with Crippen molar-refractivity contribution in [1.29, 1.82) is 0 Å². The van der Waals surface area contributed by atoms with Gasteiger partial charge in [0.1, 0.15) is 11.9 Å². The SMILES string of the molecule is Cc1nc(C)c(-c2csc(Nc3ccc(CN(C)C(C(C)C)C(F)(F)F)cn3)n2)s1. The first-order valence-electron chi connectivity index (χ1n) is 9.43. The normalized spacial score (nSPS) is 13.3. The van der Waals surface area contributed by atoms with E-state index in [4.69, 9.17) is 0 Å². The quantitative estimate of drug-likeness (QED) is 0.471. The van der Waals surface area contributed by atoms with Crippen LogP contribution in [0.15, 0.2) is 23.7 Å². The van der Waals surface area contributed by atoms with E-state index in [1.54, 1.807) is 43.5 Å². The molecule has 162 valence electrons. The number of nitrogens with zero attached hydrogens (tertiary/aromatic N) is 4. The van der Waals surface area contributed by atoms with Gasteiger partial charge in [0.15, 0.2) is 5.13 Å². The molecule has 3 aromatic heterocycles. The molecular weight excluding hydrogens is 431 g/mol. The highest BCUT2D eigenvalue weighted by atomic mass is 32.1. The van der Waals surface area contributed by atoms with Crippen molar-refractivity contribution in [2.75, 3.05) is 12.4 Å². The average molecular weight is 456 g/mol. The minimum Gasteiger partial charge on any atom is -0.316 e. The third-order valence-electron chi connectivity index (χ3n) is 4.57. The Morgan fingerprint density at radius 1 is 1.17 bits per heavy atom. The molecule has 0 aliphatic carbocycles. The van der Waals surface area contributed by atoms with Gasteiger partial charge in [-0.05, 0) is 38.4 Å². The van der Waals surface area contributed by atoms with Crippen molar-refractivity contribution >= 4 is 33.6 Å². The molecule has 0 saturated carbocycles. The molecule has 3 heterocycles. The summed E-state index contributed by atoms with van der Waals surface area (Å²) in [6, 6.07) is 2.04. The smallest absolute Gasteiger partial charge is 0.316 e. The number of aryl methyl sites for hydroxylation is 2. The summed E-state index contributed by atoms with van der Waals surface area (Å²) in [7, 11) is 1.49. The van der Waals surface area contributed by atoms with Gasteiger partial charge in [-0.1, -0.05) is 19.9 Å². The minimum absolute atomic E-state index is 0.168. The fraction of sp³-hybridized carbons (Fsp3) is 0.450. The molecular formula is C20H24F3N5S2. The lowest BCUT2D eigenvalue weighted by molar-refractivity contribution is -0.192. The number of hydrogen-bond acceptors (Lipinski definition) is 7. The van der Waals surface area contributed by atoms with Crippen LogP contribution < -0.4 is 5.32 Å². The summed E-state index contributed by atoms with van der Waals surface area (Å²) in [6.07, 6.45) is -2.67. The highest BCUT2D eigenvalue weighted by Gasteiger charge is 2.44. The van der Waals surface area contributed by atoms with E-state index in [2.05, 4.69) is 20.3 Å². The van der Waals surface area contributed by atoms with E-state index in [1.165, 1.54) is 23.3 Å². The number of anilines is 2. The minimum atomic E-state index is -4.27. The van der Waals surface area contributed by atoms with Crippen LogP contribution in [0.25, 0.3) is 10.6 Å². The predicted octanol–water partition coefficient (Wildman–Crippen LogP) is 6.04. The fourth-order valence-corrected chi connectivity index (χ4v) is 5.09. The second-order valence-corrected chi connectivity index (χ2v) is 9.57. The van der Waals surface area contributed by atoms with Crippen molar-refractivity contribution in [3.05, 3.63) is 40.0 Å². The first kappa shape index (κ1) is 22.6. The van der Waals surface area contributed by atoms with Gasteiger partial charge in [-0.3, -0.25) is 4.90 Å². The van der Waals surface area contributed by atoms with Crippen molar-refractivity contribution < 1.29 is 13.2 Å². The standard InChI is InChI=1S/C20H24F3N5S2/c1-11(2)18(20(21,22)23)28(5)9-14-6-7-16(24-8-14)27-19-26-15(10-29-19)17-12(3)25-13(4)30-17/h6-8,10-11,18H,9H2,1-5H3,(H,24,26,27). The van der Waals surface area contributed by atoms with Crippen LogP contribution in [-0.4, -0.2) is 39.1 Å². The number of alkyl halides is 3. The number of halogens is 3. The lowest BCUT2D eigenvalue weighted by Crippen LogP contribution is -2.46. The van der Waals surface area contributed by atoms with Crippen LogP contribution in [0, 0.1) is 19.8 Å². The number of hydrogen-bond donors (Lipinski definition) is 1. The molecule has 10 heteroatoms. The summed E-state index contributed by atoms with van der Waals surface area (Å²) in [5.41, 5.74) is 2.55. The van der Waals surface area contributed by atoms with Gasteiger partial charge in [0.2, 0.25) is 0 Å². The van der Waals surface area contributed by atoms with Crippen molar-refractivity contribution in [2.45, 2.75) is 46.5 Å². The number of aromatic nitrogens is 3. The van der Waals surface area contributed by atoms with Crippen molar-refractivity contribution in [3.63, 3.8) is 0 Å². The molecule has 3 rings (SSSR count). The first-order valence-corrected chi connectivity index (χ1v) is 11.1. The van der Waals surface area contributed by atoms with Gasteiger partial charge in [0.05, 0.1) is 21.3 Å². The Hall–Kier alpha value is -2.04. The van der Waals surface area contributed by atoms with Gasteiger partial charge in [-0.2, -0.15) is 13.2 Å². The Labute approximate surface area is 182 Å². The number of pyridine rings is 1. The van der Waals surface area contributed by atoms with Crippen LogP contribution in [0.1, 0.15) is 30.1 Å². The van der Waals surface area contributed by atoms with Gasteiger partial charge in [0, 0.05) is 18.1 Å². The van der Waals surface area contributed by atoms with Crippen molar-refractivity contribution in [3.8, 4) is 10.6 Å². The Bertz CT molecular complexity index is 979. The molecule has 1 atom stereocenters. The van der Waals surface area contributed by atoms with Crippen LogP contribution in [0.4, 0.5) is 24.1 Å². The zero-order valence-corrected chi connectivity index (χ0v) is 19.0. The summed E-state index contributed by atoms with van der Waals surface area (Å²) in [6.45, 7) is 7.26. The maximum atomic E-state index is 13.3. The van der Waals surface area contributed by atoms with E-state index in [1.807, 2.05) is 19.2 Å². The largest absolute Gasteiger partial charge is 0.404 e. The molecule has 0 saturated heterocycles. The van der Waals surface area contributed by atoms with Crippen molar-refractivity contribution in [2.24, 2.45) is 5.92 Å². The topological polar surface area (TPSA) is 53.9 Å². The van der Waals surface area contributed by atoms with Crippen LogP contribution in [0.5, 0.6) is 0 Å². The van der Waals surface area contributed by atoms with Crippen LogP contribution >= 0.6 is 22.7 Å². The predicted molar refractivity (Wildman–Crippen MR) is 116 cm³/mol. The van der Waals surface area contributed by atoms with Crippen LogP contribution in [-0.2, 0) is 6.54 Å². The molecule has 0 aliphatic heterocycles. The van der Waals surface area contributed by atoms with Crippen LogP contribution in [0.3, 0.4) is 0 Å². The van der Waals surface area contributed by atoms with E-state index < -0.39 is 18.1 Å². The van der Waals surface area contributed by atoms with Gasteiger partial charge < -0.3 is 5.32 Å². The first-order chi connectivity index (χ1) is 14.0. The Morgan fingerprint density at radius 2 is 1.90 bits per heavy atom. The second-order valence-electron chi connectivity index (χ2n) is 7.51. The molecule has 0 aromatic carbocycles. The molecule has 0 bridgehead atoms. The summed E-state index contributed by atoms with van der Waals surface area (Å²) in [5, 5.41) is 6.82. The molecule has 1 N–H and O–H groups in total. The number of rotatable bonds is 7. The van der Waals surface area contributed by atoms with E-state index in [-0.39, 0.29) is 6.54 Å². The molecule has 0 fully saturated rings. The second kappa shape index (κ2) is 8.99. The van der Waals surface area contributed by atoms with E-state index >= 15 is 0 Å². The lowest BCUT2D eigenvalue weighted by Gasteiger charge is -2.32. The summed E-state index contributed by atoms with van der Waals surface area (Å²) < 4.78 is 39.9. The molecule has 3 aromatic rings. The molecule has 1 unspecified atom stereocenters. The van der Waals surface area contributed by atoms with Gasteiger partial charge in [0.25, 0.3) is 0 Å². The maximum absolute atomic E-state index is 13.3. The molecule has 0 amide bonds. The zero-order valence-electron chi connectivity index (χ0n) is 17.4. The Balaban J connectivity index is 1.66. The molecule has 30 heavy (non-hydrogen) atoms. The highest BCUT2D eigenvalue weighted by molar-refractivity contribution is 7.16. The molecule has 0 aliphatic rings. The van der Waals surface area contributed by atoms with E-state index in [0.717, 1.165) is 21.3 Å². The summed E-state index contributed by atoms with van der Waals surface area (Å²) in [5.74, 6) is 0.0599. The fourth-order valence-electron chi connectivity index (χ4n) is 3.43. The van der Waals surface area contributed by atoms with E-state index in [0.29, 0.717) is 16.5 Å². The summed E-state index contributed by atoms with van der Waals surface area (Å²) >= 11 is 3.07. The average Bonchev–Trinajstić information content (AvgIpc) is 3.20. The van der Waals surface area contributed by atoms with E-state index in [9.17, 15) is 13.2 Å². The number of thiazole rings is 2. The third-order valence-corrected chi connectivity index (χ3v) is 6.43. The van der Waals surface area contributed by atoms with Gasteiger partial charge in [-0.25, -0.2) is 15.0 Å². The molecule has 0 spiro atoms. The monoisotopic (exact) mass is 455 g/mol. The lowest BCUT2D eigenvalue weighted by atomic mass is 10.0. The van der Waals surface area contributed by atoms with Gasteiger partial charge in [-0.15, -0.1) is 22.7 Å². The highest BCUT2D eigenvalue weighted by Crippen LogP contribution is 2.33.